The van der Waals surface area contributed by atoms with Crippen molar-refractivity contribution in [2.75, 3.05) is 18.6 Å². The first-order chi connectivity index (χ1) is 8.20. The summed E-state index contributed by atoms with van der Waals surface area (Å²) in [5, 5.41) is 0. The molecule has 1 aromatic heterocycles. The van der Waals surface area contributed by atoms with Crippen molar-refractivity contribution in [3.63, 3.8) is 0 Å². The minimum absolute atomic E-state index is 0.559. The van der Waals surface area contributed by atoms with Gasteiger partial charge in [-0.2, -0.15) is 0 Å². The zero-order valence-corrected chi connectivity index (χ0v) is 10.7. The van der Waals surface area contributed by atoms with Crippen LogP contribution >= 0.6 is 12.2 Å². The van der Waals surface area contributed by atoms with Crippen molar-refractivity contribution in [1.82, 2.24) is 4.98 Å². The number of rotatable bonds is 6. The molecule has 0 aliphatic heterocycles. The van der Waals surface area contributed by atoms with E-state index >= 15 is 0 Å². The van der Waals surface area contributed by atoms with E-state index in [1.165, 1.54) is 12.8 Å². The predicted molar refractivity (Wildman–Crippen MR) is 72.6 cm³/mol. The Morgan fingerprint density at radius 1 is 1.59 bits per heavy atom. The number of nitrogens with zero attached hydrogens (tertiary/aromatic N) is 2. The molecule has 1 heterocycles. The number of ether oxygens (including phenoxy) is 1. The Morgan fingerprint density at radius 2 is 2.35 bits per heavy atom. The highest BCUT2D eigenvalue weighted by Gasteiger charge is 2.29. The maximum atomic E-state index is 5.55. The zero-order chi connectivity index (χ0) is 12.3. The van der Waals surface area contributed by atoms with Crippen molar-refractivity contribution in [1.29, 1.82) is 0 Å². The number of hydrogen-bond donors (Lipinski definition) is 1. The molecule has 1 aliphatic rings. The molecular weight excluding hydrogens is 234 g/mol. The Hall–Kier alpha value is -1.36. The molecule has 0 atom stereocenters. The minimum Gasteiger partial charge on any atom is -0.495 e. The third kappa shape index (κ3) is 3.30. The average molecular weight is 251 g/mol. The van der Waals surface area contributed by atoms with E-state index in [1.807, 2.05) is 12.1 Å². The molecule has 92 valence electrons. The third-order valence-corrected chi connectivity index (χ3v) is 3.04. The number of aromatic nitrogens is 1. The van der Waals surface area contributed by atoms with Crippen LogP contribution in [-0.4, -0.2) is 29.7 Å². The third-order valence-electron chi connectivity index (χ3n) is 2.84. The molecule has 0 saturated heterocycles. The van der Waals surface area contributed by atoms with Gasteiger partial charge in [0.2, 0.25) is 0 Å². The monoisotopic (exact) mass is 251 g/mol. The van der Waals surface area contributed by atoms with Crippen LogP contribution in [0.2, 0.25) is 0 Å². The van der Waals surface area contributed by atoms with Gasteiger partial charge in [0, 0.05) is 19.0 Å². The standard InChI is InChI=1S/C12H17N3OS/c1-16-10-4-5-12(14-8-10)15(9-2-3-9)7-6-11(13)17/h4-5,8-9H,2-3,6-7H2,1H3,(H2,13,17). The Labute approximate surface area is 107 Å². The number of thiocarbonyl (C=S) groups is 1. The van der Waals surface area contributed by atoms with Crippen molar-refractivity contribution in [2.45, 2.75) is 25.3 Å². The molecule has 0 unspecified atom stereocenters. The number of methoxy groups -OCH3 is 1. The van der Waals surface area contributed by atoms with Gasteiger partial charge < -0.3 is 15.4 Å². The summed E-state index contributed by atoms with van der Waals surface area (Å²) >= 11 is 4.92. The molecule has 1 aliphatic carbocycles. The van der Waals surface area contributed by atoms with Crippen molar-refractivity contribution >= 4 is 23.0 Å². The molecule has 17 heavy (non-hydrogen) atoms. The topological polar surface area (TPSA) is 51.4 Å². The fourth-order valence-electron chi connectivity index (χ4n) is 1.76. The first-order valence-electron chi connectivity index (χ1n) is 5.75. The normalized spacial score (nSPS) is 14.4. The molecule has 0 radical (unpaired) electrons. The fraction of sp³-hybridized carbons (Fsp3) is 0.500. The van der Waals surface area contributed by atoms with Crippen LogP contribution in [0.4, 0.5) is 5.82 Å². The van der Waals surface area contributed by atoms with E-state index in [4.69, 9.17) is 22.7 Å². The predicted octanol–water partition coefficient (Wildman–Crippen LogP) is 1.74. The van der Waals surface area contributed by atoms with Crippen LogP contribution in [0.25, 0.3) is 0 Å². The van der Waals surface area contributed by atoms with E-state index in [1.54, 1.807) is 13.3 Å². The lowest BCUT2D eigenvalue weighted by molar-refractivity contribution is 0.413. The Kier molecular flexibility index (Phi) is 3.78. The number of anilines is 1. The molecule has 1 saturated carbocycles. The molecule has 0 spiro atoms. The summed E-state index contributed by atoms with van der Waals surface area (Å²) in [6.07, 6.45) is 4.93. The lowest BCUT2D eigenvalue weighted by Crippen LogP contribution is -2.30. The second kappa shape index (κ2) is 5.31. The van der Waals surface area contributed by atoms with Gasteiger partial charge in [-0.25, -0.2) is 4.98 Å². The number of pyridine rings is 1. The maximum Gasteiger partial charge on any atom is 0.137 e. The molecule has 1 aromatic rings. The van der Waals surface area contributed by atoms with Crippen LogP contribution in [0, 0.1) is 0 Å². The molecule has 2 N–H and O–H groups in total. The van der Waals surface area contributed by atoms with E-state index in [0.717, 1.165) is 24.5 Å². The summed E-state index contributed by atoms with van der Waals surface area (Å²) in [7, 11) is 1.64. The fourth-order valence-corrected chi connectivity index (χ4v) is 1.86. The van der Waals surface area contributed by atoms with E-state index in [2.05, 4.69) is 9.88 Å². The molecule has 2 rings (SSSR count). The second-order valence-corrected chi connectivity index (χ2v) is 4.72. The Balaban J connectivity index is 2.05. The van der Waals surface area contributed by atoms with E-state index in [0.29, 0.717) is 11.0 Å². The lowest BCUT2D eigenvalue weighted by atomic mass is 10.3. The molecule has 0 bridgehead atoms. The van der Waals surface area contributed by atoms with Crippen molar-refractivity contribution in [3.8, 4) is 5.75 Å². The lowest BCUT2D eigenvalue weighted by Gasteiger charge is -2.23. The van der Waals surface area contributed by atoms with Crippen LogP contribution in [0.15, 0.2) is 18.3 Å². The van der Waals surface area contributed by atoms with Crippen LogP contribution in [0.5, 0.6) is 5.75 Å². The minimum atomic E-state index is 0.559. The summed E-state index contributed by atoms with van der Waals surface area (Å²) in [6.45, 7) is 0.847. The van der Waals surface area contributed by atoms with E-state index in [-0.39, 0.29) is 0 Å². The van der Waals surface area contributed by atoms with E-state index < -0.39 is 0 Å². The molecule has 0 amide bonds. The van der Waals surface area contributed by atoms with Crippen LogP contribution in [0.3, 0.4) is 0 Å². The van der Waals surface area contributed by atoms with Crippen LogP contribution < -0.4 is 15.4 Å². The highest BCUT2D eigenvalue weighted by Crippen LogP contribution is 2.31. The molecule has 0 aromatic carbocycles. The molecule has 4 nitrogen and oxygen atoms in total. The zero-order valence-electron chi connectivity index (χ0n) is 9.93. The van der Waals surface area contributed by atoms with Gasteiger partial charge in [-0.15, -0.1) is 0 Å². The highest BCUT2D eigenvalue weighted by molar-refractivity contribution is 7.80. The van der Waals surface area contributed by atoms with Crippen LogP contribution in [-0.2, 0) is 0 Å². The molecule has 5 heteroatoms. The first kappa shape index (κ1) is 12.1. The van der Waals surface area contributed by atoms with Gasteiger partial charge in [0.1, 0.15) is 11.6 Å². The van der Waals surface area contributed by atoms with Gasteiger partial charge in [-0.3, -0.25) is 0 Å². The van der Waals surface area contributed by atoms with Gasteiger partial charge in [0.15, 0.2) is 0 Å². The van der Waals surface area contributed by atoms with Crippen molar-refractivity contribution in [2.24, 2.45) is 5.73 Å². The summed E-state index contributed by atoms with van der Waals surface area (Å²) < 4.78 is 5.10. The largest absolute Gasteiger partial charge is 0.495 e. The molecular formula is C12H17N3OS. The maximum absolute atomic E-state index is 5.55. The quantitative estimate of drug-likeness (QED) is 0.780. The van der Waals surface area contributed by atoms with Gasteiger partial charge >= 0.3 is 0 Å². The number of nitrogens with two attached hydrogens (primary N) is 1. The smallest absolute Gasteiger partial charge is 0.137 e. The van der Waals surface area contributed by atoms with Gasteiger partial charge in [0.25, 0.3) is 0 Å². The highest BCUT2D eigenvalue weighted by atomic mass is 32.1. The van der Waals surface area contributed by atoms with E-state index in [9.17, 15) is 0 Å². The first-order valence-corrected chi connectivity index (χ1v) is 6.16. The van der Waals surface area contributed by atoms with Crippen LogP contribution in [0.1, 0.15) is 19.3 Å². The second-order valence-electron chi connectivity index (χ2n) is 4.20. The van der Waals surface area contributed by atoms with Gasteiger partial charge in [-0.1, -0.05) is 12.2 Å². The average Bonchev–Trinajstić information content (AvgIpc) is 3.14. The Morgan fingerprint density at radius 3 is 2.82 bits per heavy atom. The van der Waals surface area contributed by atoms with Crippen molar-refractivity contribution in [3.05, 3.63) is 18.3 Å². The summed E-state index contributed by atoms with van der Waals surface area (Å²) in [6, 6.07) is 4.51. The summed E-state index contributed by atoms with van der Waals surface area (Å²) in [4.78, 5) is 7.24. The van der Waals surface area contributed by atoms with Gasteiger partial charge in [0.05, 0.1) is 18.3 Å². The van der Waals surface area contributed by atoms with Crippen molar-refractivity contribution < 1.29 is 4.74 Å². The summed E-state index contributed by atoms with van der Waals surface area (Å²) in [5.41, 5.74) is 5.55. The summed E-state index contributed by atoms with van der Waals surface area (Å²) in [5.74, 6) is 1.75. The molecule has 1 fully saturated rings. The number of hydrogen-bond acceptors (Lipinski definition) is 4. The van der Waals surface area contributed by atoms with Gasteiger partial charge in [-0.05, 0) is 25.0 Å². The Bertz CT molecular complexity index is 389. The SMILES string of the molecule is COc1ccc(N(CCC(N)=S)C2CC2)nc1.